The first-order valence-corrected chi connectivity index (χ1v) is 12.4. The highest BCUT2D eigenvalue weighted by Gasteiger charge is 2.68. The predicted molar refractivity (Wildman–Crippen MR) is 119 cm³/mol. The molecule has 0 bridgehead atoms. The van der Waals surface area contributed by atoms with Crippen molar-refractivity contribution in [2.24, 2.45) is 34.5 Å². The van der Waals surface area contributed by atoms with E-state index in [1.807, 2.05) is 6.92 Å². The summed E-state index contributed by atoms with van der Waals surface area (Å²) in [5, 5.41) is 33.7. The summed E-state index contributed by atoms with van der Waals surface area (Å²) in [4.78, 5) is 25.7. The van der Waals surface area contributed by atoms with Crippen molar-refractivity contribution in [3.8, 4) is 0 Å². The minimum atomic E-state index is -1.58. The van der Waals surface area contributed by atoms with Gasteiger partial charge < -0.3 is 20.6 Å². The van der Waals surface area contributed by atoms with Crippen molar-refractivity contribution >= 4 is 11.6 Å². The zero-order valence-corrected chi connectivity index (χ0v) is 19.8. The van der Waals surface area contributed by atoms with Crippen LogP contribution in [0.5, 0.6) is 0 Å². The van der Waals surface area contributed by atoms with Crippen LogP contribution in [0.25, 0.3) is 0 Å². The van der Waals surface area contributed by atoms with E-state index in [-0.39, 0.29) is 41.5 Å². The Morgan fingerprint density at radius 3 is 2.35 bits per heavy atom. The van der Waals surface area contributed by atoms with Gasteiger partial charge in [0.1, 0.15) is 18.0 Å². The molecule has 0 radical (unpaired) electrons. The number of hydrogen-bond acceptors (Lipinski definition) is 6. The fraction of sp³-hybridized carbons (Fsp3) is 0.920. The maximum absolute atomic E-state index is 13.4. The number of rotatable bonds is 4. The Balaban J connectivity index is 0.000000491. The fourth-order valence-electron chi connectivity index (χ4n) is 7.89. The van der Waals surface area contributed by atoms with Crippen LogP contribution < -0.4 is 5.32 Å². The molecular formula is C25H43NO5. The Labute approximate surface area is 187 Å². The fourth-order valence-corrected chi connectivity index (χ4v) is 7.89. The number of fused-ring (bicyclic) bond motifs is 5. The van der Waals surface area contributed by atoms with E-state index < -0.39 is 23.4 Å². The van der Waals surface area contributed by atoms with Gasteiger partial charge in [0.15, 0.2) is 5.78 Å². The molecule has 0 aliphatic heterocycles. The minimum absolute atomic E-state index is 0.0154. The average Bonchev–Trinajstić information content (AvgIpc) is 3.00. The molecule has 178 valence electrons. The normalized spacial score (nSPS) is 46.3. The molecule has 0 heterocycles. The number of carbonyl (C=O) groups excluding carboxylic acids is 2. The monoisotopic (exact) mass is 437 g/mol. The molecule has 31 heavy (non-hydrogen) atoms. The van der Waals surface area contributed by atoms with Crippen LogP contribution in [0.1, 0.15) is 79.1 Å². The second-order valence-electron chi connectivity index (χ2n) is 11.0. The molecule has 6 nitrogen and oxygen atoms in total. The lowest BCUT2D eigenvalue weighted by atomic mass is 9.44. The van der Waals surface area contributed by atoms with E-state index >= 15 is 0 Å². The highest BCUT2D eigenvalue weighted by molar-refractivity contribution is 5.92. The number of carbonyl (C=O) groups is 2. The molecular weight excluding hydrogens is 394 g/mol. The summed E-state index contributed by atoms with van der Waals surface area (Å²) in [7, 11) is 0. The van der Waals surface area contributed by atoms with Crippen LogP contribution in [-0.2, 0) is 9.59 Å². The van der Waals surface area contributed by atoms with Crippen molar-refractivity contribution in [1.82, 2.24) is 5.32 Å². The first-order chi connectivity index (χ1) is 14.6. The Hall–Kier alpha value is -0.820. The average molecular weight is 438 g/mol. The molecule has 4 N–H and O–H groups in total. The highest BCUT2D eigenvalue weighted by Crippen LogP contribution is 2.67. The molecule has 4 fully saturated rings. The van der Waals surface area contributed by atoms with E-state index in [1.54, 1.807) is 0 Å². The molecule has 8 atom stereocenters. The van der Waals surface area contributed by atoms with Crippen LogP contribution in [0.4, 0.5) is 0 Å². The molecule has 0 amide bonds. The van der Waals surface area contributed by atoms with Crippen molar-refractivity contribution in [3.05, 3.63) is 0 Å². The van der Waals surface area contributed by atoms with Gasteiger partial charge in [-0.15, -0.1) is 0 Å². The van der Waals surface area contributed by atoms with Gasteiger partial charge in [-0.25, -0.2) is 0 Å². The number of ketones is 2. The number of hydrogen-bond donors (Lipinski definition) is 4. The van der Waals surface area contributed by atoms with E-state index in [0.29, 0.717) is 12.3 Å². The lowest BCUT2D eigenvalue weighted by Gasteiger charge is -2.60. The molecule has 0 spiro atoms. The van der Waals surface area contributed by atoms with Crippen LogP contribution in [0.15, 0.2) is 0 Å². The summed E-state index contributed by atoms with van der Waals surface area (Å²) in [5.41, 5.74) is -2.40. The molecule has 4 aliphatic carbocycles. The van der Waals surface area contributed by atoms with Gasteiger partial charge in [0.25, 0.3) is 0 Å². The van der Waals surface area contributed by atoms with Crippen molar-refractivity contribution in [2.75, 3.05) is 19.7 Å². The largest absolute Gasteiger partial charge is 0.393 e. The van der Waals surface area contributed by atoms with Gasteiger partial charge in [0.05, 0.1) is 6.10 Å². The molecule has 0 aromatic heterocycles. The summed E-state index contributed by atoms with van der Waals surface area (Å²) in [6, 6.07) is 0. The third kappa shape index (κ3) is 3.92. The first-order valence-electron chi connectivity index (χ1n) is 12.4. The van der Waals surface area contributed by atoms with E-state index in [2.05, 4.69) is 26.1 Å². The Kier molecular flexibility index (Phi) is 7.37. The summed E-state index contributed by atoms with van der Waals surface area (Å²) in [5.74, 6) is 0.380. The molecule has 0 unspecified atom stereocenters. The number of nitrogens with one attached hydrogen (secondary N) is 1. The minimum Gasteiger partial charge on any atom is -0.393 e. The Morgan fingerprint density at radius 2 is 1.77 bits per heavy atom. The molecule has 0 saturated heterocycles. The van der Waals surface area contributed by atoms with E-state index in [0.717, 1.165) is 51.6 Å². The van der Waals surface area contributed by atoms with Gasteiger partial charge in [-0.05, 0) is 81.2 Å². The summed E-state index contributed by atoms with van der Waals surface area (Å²) in [6.07, 6.45) is 5.47. The van der Waals surface area contributed by atoms with Crippen LogP contribution in [0.2, 0.25) is 0 Å². The molecule has 4 saturated carbocycles. The maximum Gasteiger partial charge on any atom is 0.190 e. The molecule has 0 aromatic rings. The number of Topliss-reactive ketones (excluding diaryl/α,β-unsaturated/α-hetero) is 2. The second-order valence-corrected chi connectivity index (χ2v) is 11.0. The molecule has 0 aromatic carbocycles. The van der Waals surface area contributed by atoms with Gasteiger partial charge in [-0.1, -0.05) is 27.7 Å². The van der Waals surface area contributed by atoms with Crippen LogP contribution in [0.3, 0.4) is 0 Å². The summed E-state index contributed by atoms with van der Waals surface area (Å²) < 4.78 is 0. The van der Waals surface area contributed by atoms with Crippen LogP contribution in [-0.4, -0.2) is 58.3 Å². The third-order valence-electron chi connectivity index (χ3n) is 9.58. The molecule has 4 rings (SSSR count). The second kappa shape index (κ2) is 9.20. The number of aliphatic hydroxyl groups excluding tert-OH is 2. The maximum atomic E-state index is 13.4. The lowest BCUT2D eigenvalue weighted by Crippen LogP contribution is -2.62. The van der Waals surface area contributed by atoms with Crippen molar-refractivity contribution < 1.29 is 24.9 Å². The standard InChI is InChI=1S/C21H32O5.C4H11N/c1-19-7-5-13(23)9-12(19)3-4-14-15-6-8-21(26,17(25)11-22)20(15,2)10-16(24)18(14)19;1-3-5-4-2/h12-15,18,22-23,26H,3-11H2,1-2H3;5H,3-4H2,1-2H3/t12-,13-,14+,15+,18-,19+,20+,21+;/m1./s1. The van der Waals surface area contributed by atoms with Crippen LogP contribution >= 0.6 is 0 Å². The Morgan fingerprint density at radius 1 is 1.10 bits per heavy atom. The summed E-state index contributed by atoms with van der Waals surface area (Å²) >= 11 is 0. The van der Waals surface area contributed by atoms with E-state index in [4.69, 9.17) is 0 Å². The van der Waals surface area contributed by atoms with Gasteiger partial charge in [0, 0.05) is 17.8 Å². The van der Waals surface area contributed by atoms with Gasteiger partial charge in [-0.2, -0.15) is 0 Å². The molecule has 6 heteroatoms. The molecule has 4 aliphatic rings. The Bertz CT molecular complexity index is 681. The predicted octanol–water partition coefficient (Wildman–Crippen LogP) is 2.48. The van der Waals surface area contributed by atoms with Crippen molar-refractivity contribution in [3.63, 3.8) is 0 Å². The van der Waals surface area contributed by atoms with E-state index in [1.165, 1.54) is 0 Å². The smallest absolute Gasteiger partial charge is 0.190 e. The van der Waals surface area contributed by atoms with Gasteiger partial charge >= 0.3 is 0 Å². The quantitative estimate of drug-likeness (QED) is 0.538. The topological polar surface area (TPSA) is 107 Å². The van der Waals surface area contributed by atoms with Crippen molar-refractivity contribution in [2.45, 2.75) is 90.8 Å². The zero-order valence-electron chi connectivity index (χ0n) is 19.8. The third-order valence-corrected chi connectivity index (χ3v) is 9.58. The first kappa shape index (κ1) is 24.8. The zero-order chi connectivity index (χ0) is 23.0. The highest BCUT2D eigenvalue weighted by atomic mass is 16.3. The van der Waals surface area contributed by atoms with Crippen LogP contribution in [0, 0.1) is 34.5 Å². The van der Waals surface area contributed by atoms with Gasteiger partial charge in [-0.3, -0.25) is 9.59 Å². The van der Waals surface area contributed by atoms with Gasteiger partial charge in [0.2, 0.25) is 0 Å². The van der Waals surface area contributed by atoms with Crippen molar-refractivity contribution in [1.29, 1.82) is 0 Å². The SMILES string of the molecule is CCNCC.C[C@]12CC[C@@H](O)C[C@H]1CC[C@@H]1[C@@H]2C(=O)C[C@@]2(C)[C@H]1CC[C@]2(O)C(=O)CO. The lowest BCUT2D eigenvalue weighted by molar-refractivity contribution is -0.180. The van der Waals surface area contributed by atoms with E-state index in [9.17, 15) is 24.9 Å². The number of aliphatic hydroxyl groups is 3. The summed E-state index contributed by atoms with van der Waals surface area (Å²) in [6.45, 7) is 9.85.